The SMILES string of the molecule is C=CC(=O)NCc1cccc(Sc2ccnc(Nc3ccc(N4CCOCC4)cc3)n2)c1. The number of aromatic nitrogens is 2. The topological polar surface area (TPSA) is 79.4 Å². The molecule has 1 aliphatic heterocycles. The van der Waals surface area contributed by atoms with Gasteiger partial charge >= 0.3 is 0 Å². The molecule has 1 fully saturated rings. The second kappa shape index (κ2) is 10.8. The lowest BCUT2D eigenvalue weighted by atomic mass is 10.2. The van der Waals surface area contributed by atoms with E-state index in [-0.39, 0.29) is 5.91 Å². The van der Waals surface area contributed by atoms with Gasteiger partial charge in [0.25, 0.3) is 0 Å². The predicted molar refractivity (Wildman–Crippen MR) is 127 cm³/mol. The van der Waals surface area contributed by atoms with Crippen molar-refractivity contribution >= 4 is 35.0 Å². The fourth-order valence-corrected chi connectivity index (χ4v) is 4.13. The summed E-state index contributed by atoms with van der Waals surface area (Å²) in [7, 11) is 0. The first-order chi connectivity index (χ1) is 15.7. The fraction of sp³-hybridized carbons (Fsp3) is 0.208. The van der Waals surface area contributed by atoms with Crippen molar-refractivity contribution in [2.24, 2.45) is 0 Å². The second-order valence-corrected chi connectivity index (χ2v) is 8.25. The van der Waals surface area contributed by atoms with Crippen molar-refractivity contribution in [3.63, 3.8) is 0 Å². The van der Waals surface area contributed by atoms with Gasteiger partial charge in [-0.05, 0) is 54.1 Å². The van der Waals surface area contributed by atoms with Crippen molar-refractivity contribution in [2.75, 3.05) is 36.5 Å². The average molecular weight is 448 g/mol. The monoisotopic (exact) mass is 447 g/mol. The number of morpholine rings is 1. The first kappa shape index (κ1) is 21.9. The minimum absolute atomic E-state index is 0.187. The van der Waals surface area contributed by atoms with Crippen molar-refractivity contribution in [3.05, 3.63) is 79.0 Å². The Morgan fingerprint density at radius 2 is 1.97 bits per heavy atom. The molecule has 0 saturated carbocycles. The zero-order valence-corrected chi connectivity index (χ0v) is 18.5. The van der Waals surface area contributed by atoms with Gasteiger partial charge < -0.3 is 20.3 Å². The number of carbonyl (C=O) groups excluding carboxylic acids is 1. The van der Waals surface area contributed by atoms with E-state index in [0.717, 1.165) is 47.5 Å². The standard InChI is InChI=1S/C24H25N5O2S/c1-2-22(30)26-17-18-4-3-5-21(16-18)32-23-10-11-25-24(28-23)27-19-6-8-20(9-7-19)29-12-14-31-15-13-29/h2-11,16H,1,12-15,17H2,(H,26,30)(H,25,27,28). The molecule has 8 heteroatoms. The Kier molecular flexibility index (Phi) is 7.37. The van der Waals surface area contributed by atoms with Gasteiger partial charge in [0.1, 0.15) is 5.03 Å². The molecule has 1 aliphatic rings. The van der Waals surface area contributed by atoms with Gasteiger partial charge in [0.05, 0.1) is 13.2 Å². The molecule has 164 valence electrons. The fourth-order valence-electron chi connectivity index (χ4n) is 3.27. The van der Waals surface area contributed by atoms with Crippen molar-refractivity contribution in [1.29, 1.82) is 0 Å². The molecule has 7 nitrogen and oxygen atoms in total. The first-order valence-electron chi connectivity index (χ1n) is 10.4. The predicted octanol–water partition coefficient (Wildman–Crippen LogP) is 4.01. The molecule has 32 heavy (non-hydrogen) atoms. The van der Waals surface area contributed by atoms with E-state index >= 15 is 0 Å². The highest BCUT2D eigenvalue weighted by atomic mass is 32.2. The number of benzene rings is 2. The highest BCUT2D eigenvalue weighted by Crippen LogP contribution is 2.28. The van der Waals surface area contributed by atoms with Crippen LogP contribution in [0.2, 0.25) is 0 Å². The zero-order valence-electron chi connectivity index (χ0n) is 17.7. The summed E-state index contributed by atoms with van der Waals surface area (Å²) in [6.45, 7) is 7.29. The van der Waals surface area contributed by atoms with E-state index in [0.29, 0.717) is 12.5 Å². The Balaban J connectivity index is 1.38. The van der Waals surface area contributed by atoms with E-state index in [1.807, 2.05) is 42.5 Å². The highest BCUT2D eigenvalue weighted by Gasteiger charge is 2.11. The summed E-state index contributed by atoms with van der Waals surface area (Å²) < 4.78 is 5.42. The normalized spacial score (nSPS) is 13.4. The Labute approximate surface area is 191 Å². The van der Waals surface area contributed by atoms with E-state index < -0.39 is 0 Å². The number of ether oxygens (including phenoxy) is 1. The molecule has 0 bridgehead atoms. The molecule has 3 aromatic rings. The molecule has 0 unspecified atom stereocenters. The molecule has 1 saturated heterocycles. The minimum atomic E-state index is -0.187. The van der Waals surface area contributed by atoms with Crippen molar-refractivity contribution in [3.8, 4) is 0 Å². The quantitative estimate of drug-likeness (QED) is 0.399. The third kappa shape index (κ3) is 6.09. The van der Waals surface area contributed by atoms with Gasteiger partial charge in [0, 0.05) is 42.1 Å². The molecule has 2 heterocycles. The summed E-state index contributed by atoms with van der Waals surface area (Å²) in [6.07, 6.45) is 3.01. The molecule has 4 rings (SSSR count). The van der Waals surface area contributed by atoms with Gasteiger partial charge in [-0.25, -0.2) is 9.97 Å². The maximum absolute atomic E-state index is 11.4. The van der Waals surface area contributed by atoms with Gasteiger partial charge in [-0.3, -0.25) is 4.79 Å². The molecule has 0 radical (unpaired) electrons. The van der Waals surface area contributed by atoms with Gasteiger partial charge in [0.15, 0.2) is 0 Å². The summed E-state index contributed by atoms with van der Waals surface area (Å²) in [5.41, 5.74) is 3.13. The number of nitrogens with zero attached hydrogens (tertiary/aromatic N) is 3. The number of hydrogen-bond donors (Lipinski definition) is 2. The van der Waals surface area contributed by atoms with E-state index in [1.54, 1.807) is 18.0 Å². The molecule has 2 aromatic carbocycles. The molecule has 1 amide bonds. The van der Waals surface area contributed by atoms with Crippen LogP contribution in [0, 0.1) is 0 Å². The third-order valence-electron chi connectivity index (χ3n) is 4.90. The Morgan fingerprint density at radius 3 is 2.75 bits per heavy atom. The van der Waals surface area contributed by atoms with Crippen LogP contribution in [-0.4, -0.2) is 42.2 Å². The van der Waals surface area contributed by atoms with Crippen LogP contribution in [-0.2, 0) is 16.1 Å². The molecule has 0 atom stereocenters. The lowest BCUT2D eigenvalue weighted by Crippen LogP contribution is -2.36. The summed E-state index contributed by atoms with van der Waals surface area (Å²) in [4.78, 5) is 23.7. The lowest BCUT2D eigenvalue weighted by molar-refractivity contribution is -0.116. The number of hydrogen-bond acceptors (Lipinski definition) is 7. The zero-order chi connectivity index (χ0) is 22.2. The number of anilines is 3. The number of carbonyl (C=O) groups is 1. The van der Waals surface area contributed by atoms with Gasteiger partial charge in [-0.1, -0.05) is 30.5 Å². The molecule has 1 aromatic heterocycles. The van der Waals surface area contributed by atoms with Crippen LogP contribution in [0.3, 0.4) is 0 Å². The van der Waals surface area contributed by atoms with Crippen molar-refractivity contribution in [1.82, 2.24) is 15.3 Å². The second-order valence-electron chi connectivity index (χ2n) is 7.16. The number of rotatable bonds is 8. The Hall–Kier alpha value is -3.36. The van der Waals surface area contributed by atoms with Gasteiger partial charge in [0.2, 0.25) is 11.9 Å². The summed E-state index contributed by atoms with van der Waals surface area (Å²) in [5.74, 6) is 0.357. The van der Waals surface area contributed by atoms with Crippen LogP contribution >= 0.6 is 11.8 Å². The average Bonchev–Trinajstić information content (AvgIpc) is 2.84. The molecular formula is C24H25N5O2S. The van der Waals surface area contributed by atoms with Gasteiger partial charge in [-0.15, -0.1) is 0 Å². The van der Waals surface area contributed by atoms with Crippen LogP contribution in [0.15, 0.2) is 83.4 Å². The summed E-state index contributed by atoms with van der Waals surface area (Å²) in [6, 6.07) is 18.1. The summed E-state index contributed by atoms with van der Waals surface area (Å²) in [5, 5.41) is 6.90. The molecule has 2 N–H and O–H groups in total. The molecule has 0 spiro atoms. The van der Waals surface area contributed by atoms with Crippen LogP contribution in [0.25, 0.3) is 0 Å². The third-order valence-corrected chi connectivity index (χ3v) is 5.83. The lowest BCUT2D eigenvalue weighted by Gasteiger charge is -2.28. The van der Waals surface area contributed by atoms with Crippen LogP contribution in [0.4, 0.5) is 17.3 Å². The smallest absolute Gasteiger partial charge is 0.243 e. The maximum atomic E-state index is 11.4. The van der Waals surface area contributed by atoms with Crippen molar-refractivity contribution in [2.45, 2.75) is 16.5 Å². The largest absolute Gasteiger partial charge is 0.378 e. The maximum Gasteiger partial charge on any atom is 0.243 e. The van der Waals surface area contributed by atoms with Gasteiger partial charge in [-0.2, -0.15) is 0 Å². The van der Waals surface area contributed by atoms with E-state index in [4.69, 9.17) is 4.74 Å². The molecular weight excluding hydrogens is 422 g/mol. The van der Waals surface area contributed by atoms with E-state index in [9.17, 15) is 4.79 Å². The van der Waals surface area contributed by atoms with E-state index in [1.165, 1.54) is 11.8 Å². The summed E-state index contributed by atoms with van der Waals surface area (Å²) >= 11 is 1.55. The number of amides is 1. The van der Waals surface area contributed by atoms with Crippen molar-refractivity contribution < 1.29 is 9.53 Å². The Bertz CT molecular complexity index is 1070. The van der Waals surface area contributed by atoms with E-state index in [2.05, 4.69) is 44.2 Å². The van der Waals surface area contributed by atoms with Crippen LogP contribution < -0.4 is 15.5 Å². The highest BCUT2D eigenvalue weighted by molar-refractivity contribution is 7.99. The van der Waals surface area contributed by atoms with Crippen LogP contribution in [0.5, 0.6) is 0 Å². The number of nitrogens with one attached hydrogen (secondary N) is 2. The van der Waals surface area contributed by atoms with Crippen LogP contribution in [0.1, 0.15) is 5.56 Å². The first-order valence-corrected chi connectivity index (χ1v) is 11.2. The Morgan fingerprint density at radius 1 is 1.16 bits per heavy atom. The minimum Gasteiger partial charge on any atom is -0.378 e. The molecule has 0 aliphatic carbocycles.